The van der Waals surface area contributed by atoms with Crippen LogP contribution in [0.4, 0.5) is 11.4 Å². The molecule has 6 aliphatic heterocycles. The number of halogens is 2. The Morgan fingerprint density at radius 1 is 0.553 bits per heavy atom. The number of allylic oxidation sites excluding steroid dienone is 2. The van der Waals surface area contributed by atoms with E-state index in [4.69, 9.17) is 61.1 Å². The van der Waals surface area contributed by atoms with Gasteiger partial charge in [-0.05, 0) is 196 Å². The van der Waals surface area contributed by atoms with E-state index in [1.807, 2.05) is 36.4 Å². The van der Waals surface area contributed by atoms with Gasteiger partial charge in [0, 0.05) is 97.5 Å². The molecule has 2 N–H and O–H groups in total. The SMILES string of the molecule is COCCO[C@H]1/C=C/C[C@@H]2COCC[C@H]2S(=O)(=O)NC(=O)c2ccc3c(c2)N(C[C@@H]2CC[C@H]21)C[C@@]1(CCCc2cc(Cl)ccc21)CO3.COCCO[C@H]1/C=C/C[C@H]2COCC[C@@H]2S(=O)(=O)NC(=O)c2ccc3c(c2)N(C[C@@H]2CC[C@H]21)C[C@@]1(CCCc2cc(Cl)ccc21)CO3. The first-order chi connectivity index (χ1) is 45.5. The average Bonchev–Trinajstić information content (AvgIpc) is 1.50. The molecule has 4 aromatic rings. The van der Waals surface area contributed by atoms with Crippen LogP contribution in [0.2, 0.25) is 10.0 Å². The quantitative estimate of drug-likeness (QED) is 0.124. The number of nitrogens with zero attached hydrogens (tertiary/aromatic N) is 2. The van der Waals surface area contributed by atoms with Crippen molar-refractivity contribution in [2.45, 2.75) is 123 Å². The number of carbonyl (C=O) groups excluding carboxylic acids is 2. The highest BCUT2D eigenvalue weighted by atomic mass is 35.5. The summed E-state index contributed by atoms with van der Waals surface area (Å²) in [4.78, 5) is 32.0. The molecule has 0 radical (unpaired) electrons. The Kier molecular flexibility index (Phi) is 20.8. The predicted molar refractivity (Wildman–Crippen MR) is 362 cm³/mol. The van der Waals surface area contributed by atoms with Gasteiger partial charge in [-0.15, -0.1) is 0 Å². The van der Waals surface area contributed by atoms with Crippen molar-refractivity contribution in [3.05, 3.63) is 141 Å². The summed E-state index contributed by atoms with van der Waals surface area (Å²) in [6.45, 7) is 7.31. The molecular weight excluding hydrogens is 1280 g/mol. The largest absolute Gasteiger partial charge is 0.490 e. The van der Waals surface area contributed by atoms with Crippen molar-refractivity contribution in [1.29, 1.82) is 0 Å². The fraction of sp³-hybridized carbons (Fsp3) is 0.583. The minimum Gasteiger partial charge on any atom is -0.490 e. The van der Waals surface area contributed by atoms with Gasteiger partial charge >= 0.3 is 0 Å². The number of amides is 2. The normalized spacial score (nSPS) is 32.4. The second-order valence-electron chi connectivity index (χ2n) is 27.8. The third kappa shape index (κ3) is 14.4. The van der Waals surface area contributed by atoms with Gasteiger partial charge in [-0.2, -0.15) is 0 Å². The summed E-state index contributed by atoms with van der Waals surface area (Å²) in [7, 11) is -4.58. The number of carbonyl (C=O) groups is 2. The van der Waals surface area contributed by atoms with Gasteiger partial charge in [-0.1, -0.05) is 59.6 Å². The molecular formula is C72H90Cl2N4O14S2. The molecule has 0 unspecified atom stereocenters. The van der Waals surface area contributed by atoms with E-state index in [1.54, 1.807) is 26.4 Å². The van der Waals surface area contributed by atoms with Crippen LogP contribution in [0.15, 0.2) is 97.1 Å². The van der Waals surface area contributed by atoms with E-state index in [-0.39, 0.29) is 34.9 Å². The van der Waals surface area contributed by atoms with Gasteiger partial charge in [0.15, 0.2) is 0 Å². The van der Waals surface area contributed by atoms with E-state index >= 15 is 0 Å². The van der Waals surface area contributed by atoms with E-state index < -0.39 is 42.4 Å². The number of methoxy groups -OCH3 is 2. The van der Waals surface area contributed by atoms with Gasteiger partial charge in [-0.25, -0.2) is 26.3 Å². The van der Waals surface area contributed by atoms with Crippen LogP contribution in [0.3, 0.4) is 0 Å². The summed E-state index contributed by atoms with van der Waals surface area (Å²) in [5.41, 5.74) is 6.82. The number of hydrogen-bond donors (Lipinski definition) is 2. The molecule has 10 aliphatic rings. The second kappa shape index (κ2) is 29.1. The molecule has 4 bridgehead atoms. The number of fused-ring (bicyclic) bond motifs is 10. The topological polar surface area (TPSA) is 207 Å². The third-order valence-electron chi connectivity index (χ3n) is 22.1. The van der Waals surface area contributed by atoms with Crippen LogP contribution < -0.4 is 28.7 Å². The van der Waals surface area contributed by atoms with Crippen molar-refractivity contribution < 1.29 is 64.3 Å². The van der Waals surface area contributed by atoms with Crippen LogP contribution in [0.25, 0.3) is 0 Å². The minimum absolute atomic E-state index is 0.114. The molecule has 508 valence electrons. The molecule has 12 atom stereocenters. The number of ether oxygens (including phenoxy) is 8. The van der Waals surface area contributed by atoms with Crippen LogP contribution >= 0.6 is 23.2 Å². The second-order valence-corrected chi connectivity index (χ2v) is 32.5. The number of rotatable bonds is 8. The fourth-order valence-corrected chi connectivity index (χ4v) is 20.5. The average molecular weight is 1370 g/mol. The molecule has 4 aromatic carbocycles. The van der Waals surface area contributed by atoms with Crippen molar-refractivity contribution in [1.82, 2.24) is 9.44 Å². The van der Waals surface area contributed by atoms with E-state index in [1.165, 1.54) is 22.3 Å². The maximum Gasteiger partial charge on any atom is 0.264 e. The molecule has 2 spiro atoms. The molecule has 2 saturated carbocycles. The summed E-state index contributed by atoms with van der Waals surface area (Å²) in [6, 6.07) is 23.1. The van der Waals surface area contributed by atoms with Crippen molar-refractivity contribution in [2.24, 2.45) is 35.5 Å². The maximum absolute atomic E-state index is 13.7. The highest BCUT2D eigenvalue weighted by Crippen LogP contribution is 2.50. The number of sulfonamides is 2. The number of benzene rings is 4. The van der Waals surface area contributed by atoms with Gasteiger partial charge in [0.05, 0.1) is 86.9 Å². The summed E-state index contributed by atoms with van der Waals surface area (Å²) < 4.78 is 108. The zero-order valence-corrected chi connectivity index (χ0v) is 57.1. The lowest BCUT2D eigenvalue weighted by Crippen LogP contribution is -2.50. The monoisotopic (exact) mass is 1370 g/mol. The Bertz CT molecular complexity index is 3470. The summed E-state index contributed by atoms with van der Waals surface area (Å²) in [5, 5.41) is 0.0160. The van der Waals surface area contributed by atoms with Crippen molar-refractivity contribution in [3.8, 4) is 11.5 Å². The van der Waals surface area contributed by atoms with E-state index in [2.05, 4.69) is 67.8 Å². The smallest absolute Gasteiger partial charge is 0.264 e. The lowest BCUT2D eigenvalue weighted by atomic mass is 9.68. The summed E-state index contributed by atoms with van der Waals surface area (Å²) >= 11 is 12.9. The number of aryl methyl sites for hydroxylation is 2. The molecule has 4 aliphatic carbocycles. The number of hydrogen-bond acceptors (Lipinski definition) is 16. The molecule has 2 amide bonds. The van der Waals surface area contributed by atoms with Crippen LogP contribution in [-0.2, 0) is 72.1 Å². The zero-order valence-electron chi connectivity index (χ0n) is 54.0. The molecule has 94 heavy (non-hydrogen) atoms. The highest BCUT2D eigenvalue weighted by molar-refractivity contribution is 7.91. The molecule has 2 saturated heterocycles. The highest BCUT2D eigenvalue weighted by Gasteiger charge is 2.48. The van der Waals surface area contributed by atoms with Crippen molar-refractivity contribution in [3.63, 3.8) is 0 Å². The van der Waals surface area contributed by atoms with Gasteiger partial charge < -0.3 is 47.7 Å². The maximum atomic E-state index is 13.7. The zero-order chi connectivity index (χ0) is 65.2. The standard InChI is InChI=1S/2C36H45ClN2O7S/c2*1-43-16-17-45-32-6-2-4-27-21-44-15-13-34(27)47(41,42)38-35(40)25-8-12-33-31(19-25)39(20-26-7-10-29(26)32)22-36(23-46-33)14-3-5-24-18-28(37)9-11-30(24)36/h2*2,6,8-9,11-12,18-19,26-27,29,32,34H,3-5,7,10,13-17,20-23H2,1H3,(H,38,40)/b2*6-2+/t26-,27+,29+,32-,34+,36-;26-,27-,29+,32-,34-,36-/m00/s1. The van der Waals surface area contributed by atoms with Crippen LogP contribution in [-0.4, -0.2) is 158 Å². The molecule has 14 rings (SSSR count). The van der Waals surface area contributed by atoms with E-state index in [0.29, 0.717) is 138 Å². The lowest BCUT2D eigenvalue weighted by molar-refractivity contribution is -0.0311. The Morgan fingerprint density at radius 2 is 1.00 bits per heavy atom. The summed E-state index contributed by atoms with van der Waals surface area (Å²) in [6.07, 6.45) is 20.1. The Labute approximate surface area is 564 Å². The first-order valence-electron chi connectivity index (χ1n) is 34.0. The van der Waals surface area contributed by atoms with Gasteiger partial charge in [0.2, 0.25) is 20.0 Å². The van der Waals surface area contributed by atoms with E-state index in [9.17, 15) is 26.4 Å². The molecule has 0 aromatic heterocycles. The Hall–Kier alpha value is -5.26. The van der Waals surface area contributed by atoms with Crippen LogP contribution in [0.5, 0.6) is 11.5 Å². The summed E-state index contributed by atoms with van der Waals surface area (Å²) in [5.74, 6) is 0.950. The van der Waals surface area contributed by atoms with Gasteiger partial charge in [-0.3, -0.25) is 9.59 Å². The van der Waals surface area contributed by atoms with Gasteiger partial charge in [0.25, 0.3) is 11.8 Å². The van der Waals surface area contributed by atoms with Crippen LogP contribution in [0.1, 0.15) is 120 Å². The Morgan fingerprint density at radius 3 is 1.41 bits per heavy atom. The molecule has 22 heteroatoms. The lowest BCUT2D eigenvalue weighted by Gasteiger charge is -2.46. The van der Waals surface area contributed by atoms with Crippen molar-refractivity contribution in [2.75, 3.05) is 116 Å². The molecule has 4 fully saturated rings. The number of nitrogens with one attached hydrogen (secondary N) is 2. The third-order valence-corrected chi connectivity index (χ3v) is 26.4. The van der Waals surface area contributed by atoms with E-state index in [0.717, 1.165) is 112 Å². The number of anilines is 2. The molecule has 18 nitrogen and oxygen atoms in total. The first-order valence-corrected chi connectivity index (χ1v) is 37.8. The fourth-order valence-electron chi connectivity index (χ4n) is 16.9. The van der Waals surface area contributed by atoms with Crippen LogP contribution in [0, 0.1) is 35.5 Å². The van der Waals surface area contributed by atoms with Crippen molar-refractivity contribution >= 4 is 66.4 Å². The minimum atomic E-state index is -3.97. The van der Waals surface area contributed by atoms with Gasteiger partial charge in [0.1, 0.15) is 11.5 Å². The first kappa shape index (κ1) is 67.3. The predicted octanol–water partition coefficient (Wildman–Crippen LogP) is 10.6. The Balaban J connectivity index is 0.000000171. The molecule has 6 heterocycles.